The van der Waals surface area contributed by atoms with Crippen LogP contribution in [0.5, 0.6) is 5.75 Å². The highest BCUT2D eigenvalue weighted by Gasteiger charge is 2.12. The molecule has 1 aromatic heterocycles. The Kier molecular flexibility index (Phi) is 5.52. The molecule has 0 N–H and O–H groups in total. The summed E-state index contributed by atoms with van der Waals surface area (Å²) in [5.74, 6) is 1.90. The number of hydrogen-bond donors (Lipinski definition) is 0. The first kappa shape index (κ1) is 16.6. The van der Waals surface area contributed by atoms with Gasteiger partial charge in [0.25, 0.3) is 0 Å². The lowest BCUT2D eigenvalue weighted by atomic mass is 10.1. The van der Waals surface area contributed by atoms with Gasteiger partial charge in [0.1, 0.15) is 11.6 Å². The predicted octanol–water partition coefficient (Wildman–Crippen LogP) is 5.68. The lowest BCUT2D eigenvalue weighted by Gasteiger charge is -2.10. The van der Waals surface area contributed by atoms with E-state index in [1.165, 1.54) is 37.6 Å². The maximum absolute atomic E-state index is 5.38. The second kappa shape index (κ2) is 8.00. The molecule has 0 spiro atoms. The molecule has 2 aromatic carbocycles. The van der Waals surface area contributed by atoms with E-state index in [2.05, 4.69) is 47.9 Å². The Bertz CT molecular complexity index is 791. The number of hydrogen-bond acceptors (Lipinski definition) is 2. The number of rotatable bonds is 8. The largest absolute Gasteiger partial charge is 0.497 e. The third kappa shape index (κ3) is 3.61. The molecular weight excluding hydrogens is 296 g/mol. The molecule has 3 aromatic rings. The van der Waals surface area contributed by atoms with Crippen LogP contribution >= 0.6 is 0 Å². The Balaban J connectivity index is 1.92. The number of unbranched alkanes of at least 4 members (excludes halogenated alkanes) is 4. The van der Waals surface area contributed by atoms with E-state index in [1.807, 2.05) is 12.1 Å². The van der Waals surface area contributed by atoms with Gasteiger partial charge in [-0.05, 0) is 30.7 Å². The average Bonchev–Trinajstić information content (AvgIpc) is 3.00. The maximum Gasteiger partial charge on any atom is 0.141 e. The van der Waals surface area contributed by atoms with E-state index >= 15 is 0 Å². The van der Waals surface area contributed by atoms with Crippen molar-refractivity contribution < 1.29 is 4.74 Å². The van der Waals surface area contributed by atoms with Crippen molar-refractivity contribution >= 4 is 11.0 Å². The number of benzene rings is 2. The van der Waals surface area contributed by atoms with Crippen molar-refractivity contribution in [3.63, 3.8) is 0 Å². The standard InChI is InChI=1S/C21H26N2O/c1-3-4-5-6-9-15-23-20-14-8-7-13-19(20)22-21(23)17-11-10-12-18(16-17)24-2/h7-8,10-14,16H,3-6,9,15H2,1-2H3. The molecule has 3 rings (SSSR count). The molecule has 0 amide bonds. The zero-order chi connectivity index (χ0) is 16.8. The first-order valence-electron chi connectivity index (χ1n) is 8.93. The molecular formula is C21H26N2O. The minimum atomic E-state index is 0.869. The number of methoxy groups -OCH3 is 1. The van der Waals surface area contributed by atoms with Gasteiger partial charge in [0.2, 0.25) is 0 Å². The Morgan fingerprint density at radius 2 is 1.79 bits per heavy atom. The summed E-state index contributed by atoms with van der Waals surface area (Å²) in [6.07, 6.45) is 6.39. The summed E-state index contributed by atoms with van der Waals surface area (Å²) in [7, 11) is 1.70. The summed E-state index contributed by atoms with van der Waals surface area (Å²) >= 11 is 0. The van der Waals surface area contributed by atoms with E-state index in [1.54, 1.807) is 7.11 Å². The van der Waals surface area contributed by atoms with E-state index in [0.717, 1.165) is 29.2 Å². The molecule has 0 fully saturated rings. The van der Waals surface area contributed by atoms with Gasteiger partial charge in [-0.15, -0.1) is 0 Å². The topological polar surface area (TPSA) is 27.1 Å². The van der Waals surface area contributed by atoms with E-state index in [-0.39, 0.29) is 0 Å². The number of fused-ring (bicyclic) bond motifs is 1. The van der Waals surface area contributed by atoms with Crippen LogP contribution in [0.15, 0.2) is 48.5 Å². The minimum Gasteiger partial charge on any atom is -0.497 e. The van der Waals surface area contributed by atoms with Crippen LogP contribution in [0.2, 0.25) is 0 Å². The summed E-state index contributed by atoms with van der Waals surface area (Å²) in [6.45, 7) is 3.26. The Hall–Kier alpha value is -2.29. The van der Waals surface area contributed by atoms with Crippen LogP contribution in [0.4, 0.5) is 0 Å². The highest BCUT2D eigenvalue weighted by molar-refractivity contribution is 5.80. The highest BCUT2D eigenvalue weighted by Crippen LogP contribution is 2.27. The van der Waals surface area contributed by atoms with Crippen molar-refractivity contribution in [2.75, 3.05) is 7.11 Å². The minimum absolute atomic E-state index is 0.869. The average molecular weight is 322 g/mol. The lowest BCUT2D eigenvalue weighted by Crippen LogP contribution is -2.01. The van der Waals surface area contributed by atoms with E-state index < -0.39 is 0 Å². The van der Waals surface area contributed by atoms with Gasteiger partial charge in [0.05, 0.1) is 18.1 Å². The van der Waals surface area contributed by atoms with Crippen molar-refractivity contribution in [3.8, 4) is 17.1 Å². The molecule has 3 nitrogen and oxygen atoms in total. The van der Waals surface area contributed by atoms with E-state index in [4.69, 9.17) is 9.72 Å². The summed E-state index contributed by atoms with van der Waals surface area (Å²) in [5, 5.41) is 0. The molecule has 24 heavy (non-hydrogen) atoms. The normalized spacial score (nSPS) is 11.1. The van der Waals surface area contributed by atoms with Crippen molar-refractivity contribution in [1.29, 1.82) is 0 Å². The second-order valence-corrected chi connectivity index (χ2v) is 6.22. The summed E-state index contributed by atoms with van der Waals surface area (Å²) < 4.78 is 7.74. The second-order valence-electron chi connectivity index (χ2n) is 6.22. The van der Waals surface area contributed by atoms with Crippen LogP contribution in [0.3, 0.4) is 0 Å². The van der Waals surface area contributed by atoms with Crippen molar-refractivity contribution in [2.45, 2.75) is 45.6 Å². The molecule has 0 atom stereocenters. The fourth-order valence-corrected chi connectivity index (χ4v) is 3.16. The van der Waals surface area contributed by atoms with Gasteiger partial charge >= 0.3 is 0 Å². The first-order valence-corrected chi connectivity index (χ1v) is 8.93. The van der Waals surface area contributed by atoms with Crippen LogP contribution in [-0.4, -0.2) is 16.7 Å². The number of para-hydroxylation sites is 2. The van der Waals surface area contributed by atoms with Crippen LogP contribution < -0.4 is 4.74 Å². The van der Waals surface area contributed by atoms with Gasteiger partial charge < -0.3 is 9.30 Å². The predicted molar refractivity (Wildman–Crippen MR) is 100 cm³/mol. The number of aryl methyl sites for hydroxylation is 1. The molecule has 1 heterocycles. The molecule has 126 valence electrons. The zero-order valence-electron chi connectivity index (χ0n) is 14.7. The van der Waals surface area contributed by atoms with Crippen molar-refractivity contribution in [1.82, 2.24) is 9.55 Å². The lowest BCUT2D eigenvalue weighted by molar-refractivity contribution is 0.415. The molecule has 0 radical (unpaired) electrons. The number of imidazole rings is 1. The highest BCUT2D eigenvalue weighted by atomic mass is 16.5. The van der Waals surface area contributed by atoms with Gasteiger partial charge in [-0.2, -0.15) is 0 Å². The SMILES string of the molecule is CCCCCCCn1c(-c2cccc(OC)c2)nc2ccccc21. The molecule has 0 aliphatic heterocycles. The van der Waals surface area contributed by atoms with Gasteiger partial charge in [0, 0.05) is 12.1 Å². The van der Waals surface area contributed by atoms with Gasteiger partial charge in [-0.1, -0.05) is 56.9 Å². The van der Waals surface area contributed by atoms with Crippen LogP contribution in [-0.2, 0) is 6.54 Å². The molecule has 0 unspecified atom stereocenters. The third-order valence-corrected chi connectivity index (χ3v) is 4.47. The fourth-order valence-electron chi connectivity index (χ4n) is 3.16. The monoisotopic (exact) mass is 322 g/mol. The smallest absolute Gasteiger partial charge is 0.141 e. The van der Waals surface area contributed by atoms with Crippen LogP contribution in [0, 0.1) is 0 Å². The van der Waals surface area contributed by atoms with E-state index in [0.29, 0.717) is 0 Å². The molecule has 3 heteroatoms. The third-order valence-electron chi connectivity index (χ3n) is 4.47. The molecule has 0 aliphatic rings. The summed E-state index contributed by atoms with van der Waals surface area (Å²) in [5.41, 5.74) is 3.38. The van der Waals surface area contributed by atoms with Crippen LogP contribution in [0.1, 0.15) is 39.0 Å². The van der Waals surface area contributed by atoms with Crippen LogP contribution in [0.25, 0.3) is 22.4 Å². The first-order chi connectivity index (χ1) is 11.8. The Labute approximate surface area is 144 Å². The van der Waals surface area contributed by atoms with Gasteiger partial charge in [-0.3, -0.25) is 0 Å². The molecule has 0 bridgehead atoms. The quantitative estimate of drug-likeness (QED) is 0.499. The zero-order valence-corrected chi connectivity index (χ0v) is 14.7. The fraction of sp³-hybridized carbons (Fsp3) is 0.381. The Morgan fingerprint density at radius 3 is 2.62 bits per heavy atom. The van der Waals surface area contributed by atoms with Crippen molar-refractivity contribution in [3.05, 3.63) is 48.5 Å². The Morgan fingerprint density at radius 1 is 0.958 bits per heavy atom. The summed E-state index contributed by atoms with van der Waals surface area (Å²) in [6, 6.07) is 16.6. The number of ether oxygens (including phenoxy) is 1. The number of nitrogens with zero attached hydrogens (tertiary/aromatic N) is 2. The maximum atomic E-state index is 5.38. The number of aromatic nitrogens is 2. The van der Waals surface area contributed by atoms with Crippen molar-refractivity contribution in [2.24, 2.45) is 0 Å². The summed E-state index contributed by atoms with van der Waals surface area (Å²) in [4.78, 5) is 4.88. The van der Waals surface area contributed by atoms with E-state index in [9.17, 15) is 0 Å². The molecule has 0 saturated carbocycles. The molecule has 0 aliphatic carbocycles. The van der Waals surface area contributed by atoms with Gasteiger partial charge in [0.15, 0.2) is 0 Å². The van der Waals surface area contributed by atoms with Gasteiger partial charge in [-0.25, -0.2) is 4.98 Å². The molecule has 0 saturated heterocycles.